The number of rotatable bonds is 4. The summed E-state index contributed by atoms with van der Waals surface area (Å²) in [5, 5.41) is 16.7. The van der Waals surface area contributed by atoms with Crippen molar-refractivity contribution in [1.82, 2.24) is 24.5 Å². The van der Waals surface area contributed by atoms with Gasteiger partial charge in [0.15, 0.2) is 0 Å². The number of H-pyrrole nitrogens is 1. The van der Waals surface area contributed by atoms with Gasteiger partial charge in [-0.1, -0.05) is 0 Å². The Bertz CT molecular complexity index is 1130. The Morgan fingerprint density at radius 3 is 2.40 bits per heavy atom. The van der Waals surface area contributed by atoms with Crippen molar-refractivity contribution in [2.45, 2.75) is 29.6 Å². The summed E-state index contributed by atoms with van der Waals surface area (Å²) in [6.07, 6.45) is 1.25. The Labute approximate surface area is 169 Å². The summed E-state index contributed by atoms with van der Waals surface area (Å²) < 4.78 is 66.7. The average molecular weight is 439 g/mol. The molecule has 158 valence electrons. The number of sulfonamides is 1. The first-order valence-corrected chi connectivity index (χ1v) is 10.3. The zero-order valence-corrected chi connectivity index (χ0v) is 16.1. The molecule has 2 aromatic heterocycles. The molecular weight excluding hydrogens is 423 g/mol. The maximum Gasteiger partial charge on any atom is 0.416 e. The predicted octanol–water partition coefficient (Wildman–Crippen LogP) is 1.92. The third kappa shape index (κ3) is 3.46. The Hall–Kier alpha value is -2.83. The summed E-state index contributed by atoms with van der Waals surface area (Å²) in [6, 6.07) is 1.49. The lowest BCUT2D eigenvalue weighted by atomic mass is 9.93. The van der Waals surface area contributed by atoms with Gasteiger partial charge in [-0.15, -0.1) is 0 Å². The van der Waals surface area contributed by atoms with Crippen molar-refractivity contribution in [3.8, 4) is 0 Å². The number of nitrogens with one attached hydrogen (secondary N) is 1. The maximum absolute atomic E-state index is 13.5. The number of benzene rings is 1. The van der Waals surface area contributed by atoms with Crippen LogP contribution in [0.1, 0.15) is 28.4 Å². The van der Waals surface area contributed by atoms with Gasteiger partial charge < -0.3 is 5.11 Å². The first-order chi connectivity index (χ1) is 14.2. The van der Waals surface area contributed by atoms with Gasteiger partial charge in [0.1, 0.15) is 6.33 Å². The van der Waals surface area contributed by atoms with Crippen LogP contribution >= 0.6 is 0 Å². The van der Waals surface area contributed by atoms with E-state index in [1.807, 2.05) is 0 Å². The predicted molar refractivity (Wildman–Crippen MR) is 97.5 cm³/mol. The van der Waals surface area contributed by atoms with E-state index < -0.39 is 40.5 Å². The molecule has 30 heavy (non-hydrogen) atoms. The Morgan fingerprint density at radius 1 is 1.13 bits per heavy atom. The molecule has 2 atom stereocenters. The molecule has 12 heteroatoms. The lowest BCUT2D eigenvalue weighted by molar-refractivity contribution is -0.137. The van der Waals surface area contributed by atoms with Gasteiger partial charge in [-0.25, -0.2) is 18.4 Å². The molecule has 2 N–H and O–H groups in total. The number of aliphatic hydroxyl groups is 1. The third-order valence-corrected chi connectivity index (χ3v) is 6.90. The standard InChI is InChI=1S/C18H16F3N5O3S/c19-18(20,21)12-1-3-14(4-2-12)30(28,29)26-13(9-27)5-16-15(8-24-25-16)17(26)11-6-22-10-23-7-11/h1-4,6-8,10,13,17,27H,5,9H2,(H,24,25). The Morgan fingerprint density at radius 2 is 1.80 bits per heavy atom. The minimum absolute atomic E-state index is 0.163. The number of aromatic nitrogens is 4. The number of aliphatic hydroxyl groups excluding tert-OH is 1. The van der Waals surface area contributed by atoms with Gasteiger partial charge in [-0.05, 0) is 24.3 Å². The summed E-state index contributed by atoms with van der Waals surface area (Å²) in [5.41, 5.74) is 0.699. The van der Waals surface area contributed by atoms with Crippen molar-refractivity contribution in [2.75, 3.05) is 6.61 Å². The van der Waals surface area contributed by atoms with Crippen molar-refractivity contribution in [3.05, 3.63) is 71.6 Å². The van der Waals surface area contributed by atoms with Crippen molar-refractivity contribution in [1.29, 1.82) is 0 Å². The minimum Gasteiger partial charge on any atom is -0.395 e. The Balaban J connectivity index is 1.85. The van der Waals surface area contributed by atoms with Gasteiger partial charge in [0, 0.05) is 35.6 Å². The summed E-state index contributed by atoms with van der Waals surface area (Å²) in [4.78, 5) is 7.57. The summed E-state index contributed by atoms with van der Waals surface area (Å²) in [5.74, 6) is 0. The molecule has 0 saturated carbocycles. The van der Waals surface area contributed by atoms with E-state index in [1.54, 1.807) is 0 Å². The highest BCUT2D eigenvalue weighted by Crippen LogP contribution is 2.40. The second-order valence-electron chi connectivity index (χ2n) is 6.78. The molecule has 4 rings (SSSR count). The molecule has 0 bridgehead atoms. The number of alkyl halides is 3. The number of fused-ring (bicyclic) bond motifs is 1. The average Bonchev–Trinajstić information content (AvgIpc) is 3.20. The second-order valence-corrected chi connectivity index (χ2v) is 8.62. The number of hydrogen-bond donors (Lipinski definition) is 2. The number of aromatic amines is 1. The quantitative estimate of drug-likeness (QED) is 0.642. The highest BCUT2D eigenvalue weighted by Gasteiger charge is 2.44. The number of halogens is 3. The zero-order chi connectivity index (χ0) is 21.5. The lowest BCUT2D eigenvalue weighted by Gasteiger charge is -2.39. The molecule has 8 nitrogen and oxygen atoms in total. The van der Waals surface area contributed by atoms with Gasteiger partial charge in [0.25, 0.3) is 0 Å². The molecule has 0 fully saturated rings. The monoisotopic (exact) mass is 439 g/mol. The van der Waals surface area contributed by atoms with Crippen LogP contribution < -0.4 is 0 Å². The second kappa shape index (κ2) is 7.45. The lowest BCUT2D eigenvalue weighted by Crippen LogP contribution is -2.49. The van der Waals surface area contributed by atoms with Crippen LogP contribution in [0.4, 0.5) is 13.2 Å². The van der Waals surface area contributed by atoms with Crippen molar-refractivity contribution in [3.63, 3.8) is 0 Å². The molecular formula is C18H16F3N5O3S. The normalized spacial score (nSPS) is 20.1. The fourth-order valence-electron chi connectivity index (χ4n) is 3.59. The van der Waals surface area contributed by atoms with Crippen LogP contribution in [0.25, 0.3) is 0 Å². The van der Waals surface area contributed by atoms with E-state index in [0.29, 0.717) is 29.0 Å². The highest BCUT2D eigenvalue weighted by molar-refractivity contribution is 7.89. The van der Waals surface area contributed by atoms with Gasteiger partial charge in [0.2, 0.25) is 10.0 Å². The van der Waals surface area contributed by atoms with E-state index in [9.17, 15) is 26.7 Å². The fourth-order valence-corrected chi connectivity index (χ4v) is 5.36. The first-order valence-electron chi connectivity index (χ1n) is 8.82. The van der Waals surface area contributed by atoms with Gasteiger partial charge in [0.05, 0.1) is 35.3 Å². The molecule has 0 radical (unpaired) electrons. The largest absolute Gasteiger partial charge is 0.416 e. The highest BCUT2D eigenvalue weighted by atomic mass is 32.2. The molecule has 1 aromatic carbocycles. The summed E-state index contributed by atoms with van der Waals surface area (Å²) in [7, 11) is -4.29. The van der Waals surface area contributed by atoms with Crippen LogP contribution in [0.3, 0.4) is 0 Å². The van der Waals surface area contributed by atoms with Crippen LogP contribution in [-0.2, 0) is 22.6 Å². The molecule has 0 saturated heterocycles. The minimum atomic E-state index is -4.59. The van der Waals surface area contributed by atoms with Crippen LogP contribution in [0, 0.1) is 0 Å². The topological polar surface area (TPSA) is 112 Å². The van der Waals surface area contributed by atoms with Crippen LogP contribution in [-0.4, -0.2) is 50.6 Å². The van der Waals surface area contributed by atoms with Crippen LogP contribution in [0.5, 0.6) is 0 Å². The van der Waals surface area contributed by atoms with Crippen molar-refractivity contribution < 1.29 is 26.7 Å². The molecule has 3 aromatic rings. The van der Waals surface area contributed by atoms with Crippen molar-refractivity contribution >= 4 is 10.0 Å². The van der Waals surface area contributed by atoms with E-state index in [0.717, 1.165) is 16.4 Å². The first kappa shape index (κ1) is 20.4. The molecule has 3 heterocycles. The molecule has 2 unspecified atom stereocenters. The molecule has 0 aliphatic carbocycles. The van der Waals surface area contributed by atoms with E-state index in [2.05, 4.69) is 20.2 Å². The summed E-state index contributed by atoms with van der Waals surface area (Å²) in [6.45, 7) is -0.498. The van der Waals surface area contributed by atoms with E-state index >= 15 is 0 Å². The SMILES string of the molecule is O=S(=O)(c1ccc(C(F)(F)F)cc1)N1C(CO)Cc2[nH]ncc2C1c1cncnc1. The fraction of sp³-hybridized carbons (Fsp3) is 0.278. The van der Waals surface area contributed by atoms with Crippen LogP contribution in [0.15, 0.2) is 54.1 Å². The van der Waals surface area contributed by atoms with Gasteiger partial charge in [-0.2, -0.15) is 22.6 Å². The van der Waals surface area contributed by atoms with Gasteiger partial charge >= 0.3 is 6.18 Å². The van der Waals surface area contributed by atoms with Crippen molar-refractivity contribution in [2.24, 2.45) is 0 Å². The molecule has 0 spiro atoms. The smallest absolute Gasteiger partial charge is 0.395 e. The van der Waals surface area contributed by atoms with E-state index in [-0.39, 0.29) is 11.3 Å². The van der Waals surface area contributed by atoms with Crippen LogP contribution in [0.2, 0.25) is 0 Å². The van der Waals surface area contributed by atoms with Gasteiger partial charge in [-0.3, -0.25) is 5.10 Å². The number of nitrogens with zero attached hydrogens (tertiary/aromatic N) is 4. The zero-order valence-electron chi connectivity index (χ0n) is 15.3. The molecule has 1 aliphatic heterocycles. The third-order valence-electron chi connectivity index (χ3n) is 4.96. The maximum atomic E-state index is 13.5. The summed E-state index contributed by atoms with van der Waals surface area (Å²) >= 11 is 0. The number of hydrogen-bond acceptors (Lipinski definition) is 6. The molecule has 1 aliphatic rings. The Kier molecular flexibility index (Phi) is 5.08. The van der Waals surface area contributed by atoms with E-state index in [1.165, 1.54) is 24.9 Å². The molecule has 0 amide bonds. The van der Waals surface area contributed by atoms with E-state index in [4.69, 9.17) is 0 Å².